The first-order chi connectivity index (χ1) is 9.91. The lowest BCUT2D eigenvalue weighted by atomic mass is 9.99. The molecule has 110 valence electrons. The predicted octanol–water partition coefficient (Wildman–Crippen LogP) is 1.48. The number of carbonyl (C=O) groups excluding carboxylic acids is 3. The van der Waals surface area contributed by atoms with Gasteiger partial charge >= 0.3 is 6.03 Å². The van der Waals surface area contributed by atoms with Crippen LogP contribution in [0.5, 0.6) is 0 Å². The van der Waals surface area contributed by atoms with Crippen LogP contribution >= 0.6 is 38.5 Å². The van der Waals surface area contributed by atoms with Crippen molar-refractivity contribution in [2.45, 2.75) is 12.0 Å². The van der Waals surface area contributed by atoms with Crippen LogP contribution in [0.4, 0.5) is 4.79 Å². The molecule has 1 atom stereocenters. The number of nitrogens with zero attached hydrogens (tertiary/aromatic N) is 1. The van der Waals surface area contributed by atoms with E-state index in [1.165, 1.54) is 0 Å². The molecule has 1 aromatic rings. The lowest BCUT2D eigenvalue weighted by molar-refractivity contribution is -0.123. The first-order valence-electron chi connectivity index (χ1n) is 6.29. The second kappa shape index (κ2) is 5.24. The van der Waals surface area contributed by atoms with Crippen LogP contribution in [0.25, 0.3) is 0 Å². The molecule has 0 aromatic heterocycles. The maximum Gasteiger partial charge on any atom is 0.322 e. The van der Waals surface area contributed by atoms with Gasteiger partial charge in [-0.2, -0.15) is 0 Å². The van der Waals surface area contributed by atoms with Gasteiger partial charge in [-0.05, 0) is 47.2 Å². The van der Waals surface area contributed by atoms with Gasteiger partial charge in [-0.1, -0.05) is 15.9 Å². The Balaban J connectivity index is 1.83. The highest BCUT2D eigenvalue weighted by Crippen LogP contribution is 2.27. The molecular formula is C13H11BrIN3O3. The van der Waals surface area contributed by atoms with E-state index in [9.17, 15) is 14.4 Å². The van der Waals surface area contributed by atoms with Gasteiger partial charge in [0.2, 0.25) is 0 Å². The van der Waals surface area contributed by atoms with Gasteiger partial charge in [0.25, 0.3) is 11.8 Å². The normalized spacial score (nSPS) is 24.4. The minimum Gasteiger partial charge on any atom is -0.336 e. The van der Waals surface area contributed by atoms with Crippen molar-refractivity contribution in [3.05, 3.63) is 31.8 Å². The van der Waals surface area contributed by atoms with E-state index in [4.69, 9.17) is 0 Å². The number of halogens is 2. The average Bonchev–Trinajstić information content (AvgIpc) is 2.97. The number of nitrogens with one attached hydrogen (secondary N) is 2. The summed E-state index contributed by atoms with van der Waals surface area (Å²) in [5.74, 6) is -0.488. The van der Waals surface area contributed by atoms with E-state index in [0.717, 1.165) is 8.04 Å². The highest BCUT2D eigenvalue weighted by atomic mass is 127. The van der Waals surface area contributed by atoms with Crippen molar-refractivity contribution in [3.63, 3.8) is 0 Å². The molecule has 2 fully saturated rings. The first kappa shape index (κ1) is 14.8. The van der Waals surface area contributed by atoms with E-state index in [1.54, 1.807) is 11.0 Å². The summed E-state index contributed by atoms with van der Waals surface area (Å²) in [6.45, 7) is 0.640. The highest BCUT2D eigenvalue weighted by Gasteiger charge is 2.51. The molecule has 2 aliphatic heterocycles. The van der Waals surface area contributed by atoms with Gasteiger partial charge in [0, 0.05) is 14.6 Å². The quantitative estimate of drug-likeness (QED) is 0.489. The number of likely N-dealkylation sites (tertiary alicyclic amines) is 1. The maximum absolute atomic E-state index is 12.6. The molecule has 2 heterocycles. The number of hydrogen-bond donors (Lipinski definition) is 2. The van der Waals surface area contributed by atoms with Crippen LogP contribution in [0.15, 0.2) is 22.7 Å². The van der Waals surface area contributed by atoms with Crippen molar-refractivity contribution in [2.24, 2.45) is 0 Å². The molecule has 8 heteroatoms. The summed E-state index contributed by atoms with van der Waals surface area (Å²) in [7, 11) is 0. The first-order valence-corrected chi connectivity index (χ1v) is 8.16. The van der Waals surface area contributed by atoms with Gasteiger partial charge in [-0.3, -0.25) is 14.9 Å². The fourth-order valence-corrected chi connectivity index (χ4v) is 3.56. The van der Waals surface area contributed by atoms with Gasteiger partial charge in [0.15, 0.2) is 0 Å². The Morgan fingerprint density at radius 2 is 2.14 bits per heavy atom. The second-order valence-electron chi connectivity index (χ2n) is 5.09. The minimum absolute atomic E-state index is 0.133. The zero-order valence-corrected chi connectivity index (χ0v) is 14.5. The number of amides is 4. The smallest absolute Gasteiger partial charge is 0.322 e. The molecule has 0 bridgehead atoms. The molecule has 1 unspecified atom stereocenters. The molecule has 3 rings (SSSR count). The van der Waals surface area contributed by atoms with E-state index < -0.39 is 11.6 Å². The number of rotatable bonds is 1. The van der Waals surface area contributed by atoms with Crippen molar-refractivity contribution in [1.82, 2.24) is 15.5 Å². The third-order valence-electron chi connectivity index (χ3n) is 3.73. The maximum atomic E-state index is 12.6. The van der Waals surface area contributed by atoms with Gasteiger partial charge in [0.05, 0.1) is 12.1 Å². The Morgan fingerprint density at radius 3 is 2.81 bits per heavy atom. The Kier molecular flexibility index (Phi) is 3.68. The van der Waals surface area contributed by atoms with Crippen LogP contribution < -0.4 is 10.6 Å². The fourth-order valence-electron chi connectivity index (χ4n) is 2.63. The predicted molar refractivity (Wildman–Crippen MR) is 86.8 cm³/mol. The summed E-state index contributed by atoms with van der Waals surface area (Å²) in [5, 5.41) is 4.87. The molecule has 0 saturated carbocycles. The summed E-state index contributed by atoms with van der Waals surface area (Å²) < 4.78 is 1.67. The molecule has 2 saturated heterocycles. The van der Waals surface area contributed by atoms with Crippen LogP contribution in [0.2, 0.25) is 0 Å². The monoisotopic (exact) mass is 463 g/mol. The standard InChI is InChI=1S/C13H11BrIN3O3/c14-7-1-2-9(15)8(5-7)10(19)18-4-3-13(6-18)11(20)16-12(21)17-13/h1-2,5H,3-4,6H2,(H2,16,17,20,21). The van der Waals surface area contributed by atoms with Gasteiger partial charge in [-0.25, -0.2) is 4.79 Å². The third-order valence-corrected chi connectivity index (χ3v) is 5.16. The average molecular weight is 464 g/mol. The van der Waals surface area contributed by atoms with Crippen molar-refractivity contribution < 1.29 is 14.4 Å². The Bertz CT molecular complexity index is 666. The van der Waals surface area contributed by atoms with Gasteiger partial charge in [-0.15, -0.1) is 0 Å². The molecule has 0 aliphatic carbocycles. The van der Waals surface area contributed by atoms with Crippen molar-refractivity contribution >= 4 is 56.4 Å². The van der Waals surface area contributed by atoms with Crippen LogP contribution in [0, 0.1) is 3.57 Å². The molecule has 0 radical (unpaired) electrons. The van der Waals surface area contributed by atoms with Crippen LogP contribution in [-0.4, -0.2) is 41.4 Å². The molecule has 4 amide bonds. The summed E-state index contributed by atoms with van der Waals surface area (Å²) >= 11 is 5.46. The summed E-state index contributed by atoms with van der Waals surface area (Å²) in [5.41, 5.74) is -0.378. The van der Waals surface area contributed by atoms with E-state index >= 15 is 0 Å². The summed E-state index contributed by atoms with van der Waals surface area (Å²) in [4.78, 5) is 37.4. The van der Waals surface area contributed by atoms with Crippen molar-refractivity contribution in [1.29, 1.82) is 0 Å². The number of urea groups is 1. The topological polar surface area (TPSA) is 78.5 Å². The number of benzene rings is 1. The Morgan fingerprint density at radius 1 is 1.38 bits per heavy atom. The molecule has 21 heavy (non-hydrogen) atoms. The van der Waals surface area contributed by atoms with E-state index in [0.29, 0.717) is 18.5 Å². The zero-order valence-electron chi connectivity index (χ0n) is 10.8. The van der Waals surface area contributed by atoms with Gasteiger partial charge < -0.3 is 10.2 Å². The van der Waals surface area contributed by atoms with E-state index in [-0.39, 0.29) is 18.4 Å². The molecule has 6 nitrogen and oxygen atoms in total. The second-order valence-corrected chi connectivity index (χ2v) is 7.17. The van der Waals surface area contributed by atoms with Crippen molar-refractivity contribution in [2.75, 3.05) is 13.1 Å². The molecule has 1 aromatic carbocycles. The Labute approximate surface area is 142 Å². The molecular weight excluding hydrogens is 453 g/mol. The largest absolute Gasteiger partial charge is 0.336 e. The van der Waals surface area contributed by atoms with Crippen molar-refractivity contribution in [3.8, 4) is 0 Å². The highest BCUT2D eigenvalue weighted by molar-refractivity contribution is 14.1. The van der Waals surface area contributed by atoms with Crippen LogP contribution in [0.1, 0.15) is 16.8 Å². The molecule has 2 N–H and O–H groups in total. The SMILES string of the molecule is O=C1NC(=O)C2(CCN(C(=O)c3cc(Br)ccc3I)C2)N1. The van der Waals surface area contributed by atoms with Gasteiger partial charge in [0.1, 0.15) is 5.54 Å². The van der Waals surface area contributed by atoms with Crippen LogP contribution in [-0.2, 0) is 4.79 Å². The molecule has 2 aliphatic rings. The Hall–Kier alpha value is -1.16. The van der Waals surface area contributed by atoms with E-state index in [1.807, 2.05) is 12.1 Å². The van der Waals surface area contributed by atoms with Crippen LogP contribution in [0.3, 0.4) is 0 Å². The number of imide groups is 1. The van der Waals surface area contributed by atoms with E-state index in [2.05, 4.69) is 49.2 Å². The zero-order chi connectivity index (χ0) is 15.2. The molecule has 1 spiro atoms. The fraction of sp³-hybridized carbons (Fsp3) is 0.308. The lowest BCUT2D eigenvalue weighted by Gasteiger charge is -2.21. The number of hydrogen-bond acceptors (Lipinski definition) is 3. The summed E-state index contributed by atoms with van der Waals surface area (Å²) in [6.07, 6.45) is 0.431. The lowest BCUT2D eigenvalue weighted by Crippen LogP contribution is -2.49. The minimum atomic E-state index is -0.968. The number of carbonyl (C=O) groups is 3. The third kappa shape index (κ3) is 2.54. The summed E-state index contributed by atoms with van der Waals surface area (Å²) in [6, 6.07) is 5.00.